The number of hydrogen-bond acceptors (Lipinski definition) is 2. The SMILES string of the molecule is Cc1ccc(-c2nc(Cl)c3cc(Br)c(F)cc3n2)cc1Cl. The van der Waals surface area contributed by atoms with Crippen LogP contribution in [0.15, 0.2) is 34.8 Å². The molecule has 1 aromatic heterocycles. The zero-order valence-corrected chi connectivity index (χ0v) is 13.9. The molecule has 21 heavy (non-hydrogen) atoms. The smallest absolute Gasteiger partial charge is 0.161 e. The Labute approximate surface area is 139 Å². The standard InChI is InChI=1S/C15H8BrCl2FN2/c1-7-2-3-8(4-11(7)17)15-20-13-6-12(19)10(16)5-9(13)14(18)21-15/h2-6H,1H3. The average molecular weight is 386 g/mol. The normalized spacial score (nSPS) is 11.1. The van der Waals surface area contributed by atoms with Crippen LogP contribution < -0.4 is 0 Å². The van der Waals surface area contributed by atoms with Crippen LogP contribution in [0, 0.1) is 12.7 Å². The van der Waals surface area contributed by atoms with Gasteiger partial charge in [-0.3, -0.25) is 0 Å². The van der Waals surface area contributed by atoms with E-state index in [9.17, 15) is 4.39 Å². The second kappa shape index (κ2) is 5.52. The summed E-state index contributed by atoms with van der Waals surface area (Å²) in [6, 6.07) is 8.39. The van der Waals surface area contributed by atoms with Crippen molar-refractivity contribution in [3.05, 3.63) is 56.4 Å². The van der Waals surface area contributed by atoms with Crippen molar-refractivity contribution in [2.24, 2.45) is 0 Å². The topological polar surface area (TPSA) is 25.8 Å². The van der Waals surface area contributed by atoms with Crippen LogP contribution in [0.3, 0.4) is 0 Å². The van der Waals surface area contributed by atoms with Crippen LogP contribution in [0.25, 0.3) is 22.3 Å². The summed E-state index contributed by atoms with van der Waals surface area (Å²) in [7, 11) is 0. The number of nitrogens with zero attached hydrogens (tertiary/aromatic N) is 2. The fourth-order valence-corrected chi connectivity index (χ4v) is 2.70. The number of aromatic nitrogens is 2. The highest BCUT2D eigenvalue weighted by molar-refractivity contribution is 9.10. The fraction of sp³-hybridized carbons (Fsp3) is 0.0667. The van der Waals surface area contributed by atoms with Crippen LogP contribution in [-0.4, -0.2) is 9.97 Å². The molecule has 0 saturated carbocycles. The molecule has 0 bridgehead atoms. The summed E-state index contributed by atoms with van der Waals surface area (Å²) < 4.78 is 14.0. The van der Waals surface area contributed by atoms with E-state index in [0.29, 0.717) is 26.2 Å². The molecule has 0 atom stereocenters. The first-order valence-corrected chi connectivity index (χ1v) is 7.59. The lowest BCUT2D eigenvalue weighted by atomic mass is 10.1. The lowest BCUT2D eigenvalue weighted by Crippen LogP contribution is -1.93. The van der Waals surface area contributed by atoms with Crippen molar-refractivity contribution in [2.75, 3.05) is 0 Å². The summed E-state index contributed by atoms with van der Waals surface area (Å²) >= 11 is 15.4. The van der Waals surface area contributed by atoms with E-state index in [-0.39, 0.29) is 5.15 Å². The molecule has 3 aromatic rings. The fourth-order valence-electron chi connectivity index (χ4n) is 1.95. The molecule has 6 heteroatoms. The maximum absolute atomic E-state index is 13.7. The van der Waals surface area contributed by atoms with Gasteiger partial charge in [0, 0.05) is 22.0 Å². The van der Waals surface area contributed by atoms with E-state index >= 15 is 0 Å². The van der Waals surface area contributed by atoms with Gasteiger partial charge in [-0.05, 0) is 40.5 Å². The molecule has 2 aromatic carbocycles. The van der Waals surface area contributed by atoms with Crippen LogP contribution >= 0.6 is 39.1 Å². The molecule has 2 nitrogen and oxygen atoms in total. The maximum Gasteiger partial charge on any atom is 0.161 e. The van der Waals surface area contributed by atoms with Gasteiger partial charge in [0.1, 0.15) is 11.0 Å². The maximum atomic E-state index is 13.7. The average Bonchev–Trinajstić information content (AvgIpc) is 2.44. The van der Waals surface area contributed by atoms with Gasteiger partial charge in [0.15, 0.2) is 5.82 Å². The van der Waals surface area contributed by atoms with Gasteiger partial charge in [-0.25, -0.2) is 14.4 Å². The van der Waals surface area contributed by atoms with Crippen LogP contribution in [-0.2, 0) is 0 Å². The highest BCUT2D eigenvalue weighted by Gasteiger charge is 2.11. The first-order valence-electron chi connectivity index (χ1n) is 6.04. The van der Waals surface area contributed by atoms with Gasteiger partial charge < -0.3 is 0 Å². The molecular formula is C15H8BrCl2FN2. The summed E-state index contributed by atoms with van der Waals surface area (Å²) in [5.74, 6) is 0.0151. The third kappa shape index (κ3) is 2.76. The zero-order chi connectivity index (χ0) is 15.1. The summed E-state index contributed by atoms with van der Waals surface area (Å²) in [5.41, 5.74) is 2.14. The molecule has 0 aliphatic carbocycles. The third-order valence-electron chi connectivity index (χ3n) is 3.12. The van der Waals surface area contributed by atoms with E-state index in [1.165, 1.54) is 6.07 Å². The number of fused-ring (bicyclic) bond motifs is 1. The van der Waals surface area contributed by atoms with Gasteiger partial charge in [0.05, 0.1) is 9.99 Å². The van der Waals surface area contributed by atoms with Gasteiger partial charge in [-0.15, -0.1) is 0 Å². The molecule has 0 fully saturated rings. The van der Waals surface area contributed by atoms with Crippen LogP contribution in [0.5, 0.6) is 0 Å². The summed E-state index contributed by atoms with van der Waals surface area (Å²) in [6.07, 6.45) is 0. The van der Waals surface area contributed by atoms with Crippen molar-refractivity contribution in [1.29, 1.82) is 0 Å². The Morgan fingerprint density at radius 2 is 1.86 bits per heavy atom. The van der Waals surface area contributed by atoms with Crippen molar-refractivity contribution in [1.82, 2.24) is 9.97 Å². The lowest BCUT2D eigenvalue weighted by Gasteiger charge is -2.07. The molecule has 0 saturated heterocycles. The van der Waals surface area contributed by atoms with Crippen molar-refractivity contribution in [3.8, 4) is 11.4 Å². The van der Waals surface area contributed by atoms with Crippen molar-refractivity contribution in [2.45, 2.75) is 6.92 Å². The minimum absolute atomic E-state index is 0.271. The Morgan fingerprint density at radius 3 is 2.57 bits per heavy atom. The molecule has 106 valence electrons. The lowest BCUT2D eigenvalue weighted by molar-refractivity contribution is 0.623. The molecule has 0 aliphatic rings. The number of benzene rings is 2. The van der Waals surface area contributed by atoms with E-state index in [1.54, 1.807) is 12.1 Å². The second-order valence-corrected chi connectivity index (χ2v) is 6.21. The molecular weight excluding hydrogens is 378 g/mol. The largest absolute Gasteiger partial charge is 0.228 e. The Balaban J connectivity index is 2.24. The molecule has 0 unspecified atom stereocenters. The highest BCUT2D eigenvalue weighted by Crippen LogP contribution is 2.30. The second-order valence-electron chi connectivity index (χ2n) is 4.59. The highest BCUT2D eigenvalue weighted by atomic mass is 79.9. The number of hydrogen-bond donors (Lipinski definition) is 0. The molecule has 0 aliphatic heterocycles. The predicted molar refractivity (Wildman–Crippen MR) is 87.4 cm³/mol. The number of halogens is 4. The number of rotatable bonds is 1. The monoisotopic (exact) mass is 384 g/mol. The van der Waals surface area contributed by atoms with E-state index in [2.05, 4.69) is 25.9 Å². The van der Waals surface area contributed by atoms with Gasteiger partial charge in [-0.1, -0.05) is 35.3 Å². The summed E-state index contributed by atoms with van der Waals surface area (Å²) in [4.78, 5) is 8.63. The first kappa shape index (κ1) is 14.7. The molecule has 0 radical (unpaired) electrons. The van der Waals surface area contributed by atoms with Crippen LogP contribution in [0.2, 0.25) is 10.2 Å². The number of aryl methyl sites for hydroxylation is 1. The van der Waals surface area contributed by atoms with Crippen molar-refractivity contribution < 1.29 is 4.39 Å². The summed E-state index contributed by atoms with van der Waals surface area (Å²) in [6.45, 7) is 1.91. The van der Waals surface area contributed by atoms with E-state index in [4.69, 9.17) is 23.2 Å². The van der Waals surface area contributed by atoms with Gasteiger partial charge >= 0.3 is 0 Å². The van der Waals surface area contributed by atoms with E-state index < -0.39 is 5.82 Å². The minimum atomic E-state index is -0.398. The zero-order valence-electron chi connectivity index (χ0n) is 10.8. The van der Waals surface area contributed by atoms with Crippen molar-refractivity contribution in [3.63, 3.8) is 0 Å². The van der Waals surface area contributed by atoms with E-state index in [1.807, 2.05) is 19.1 Å². The Kier molecular flexibility index (Phi) is 3.86. The third-order valence-corrected chi connectivity index (χ3v) is 4.42. The van der Waals surface area contributed by atoms with E-state index in [0.717, 1.165) is 11.1 Å². The van der Waals surface area contributed by atoms with Crippen LogP contribution in [0.1, 0.15) is 5.56 Å². The quantitative estimate of drug-likeness (QED) is 0.493. The molecule has 0 spiro atoms. The van der Waals surface area contributed by atoms with Gasteiger partial charge in [-0.2, -0.15) is 0 Å². The molecule has 0 amide bonds. The Morgan fingerprint density at radius 1 is 1.10 bits per heavy atom. The van der Waals surface area contributed by atoms with Crippen LogP contribution in [0.4, 0.5) is 4.39 Å². The molecule has 1 heterocycles. The molecule has 0 N–H and O–H groups in total. The first-order chi connectivity index (χ1) is 9.95. The van der Waals surface area contributed by atoms with Gasteiger partial charge in [0.2, 0.25) is 0 Å². The predicted octanol–water partition coefficient (Wildman–Crippen LogP) is 5.81. The Bertz CT molecular complexity index is 868. The summed E-state index contributed by atoms with van der Waals surface area (Å²) in [5, 5.41) is 1.48. The van der Waals surface area contributed by atoms with Gasteiger partial charge in [0.25, 0.3) is 0 Å². The minimum Gasteiger partial charge on any atom is -0.228 e. The molecule has 3 rings (SSSR count). The Hall–Kier alpha value is -1.23. The van der Waals surface area contributed by atoms with Crippen molar-refractivity contribution >= 4 is 50.0 Å².